The average Bonchev–Trinajstić information content (AvgIpc) is 2.46. The van der Waals surface area contributed by atoms with E-state index in [1.54, 1.807) is 6.21 Å². The molecule has 0 radical (unpaired) electrons. The Morgan fingerprint density at radius 2 is 1.26 bits per heavy atom. The fraction of sp³-hybridized carbons (Fsp3) is 0.941. The van der Waals surface area contributed by atoms with Crippen LogP contribution < -0.4 is 0 Å². The van der Waals surface area contributed by atoms with E-state index in [-0.39, 0.29) is 0 Å². The van der Waals surface area contributed by atoms with E-state index in [0.29, 0.717) is 5.41 Å². The lowest BCUT2D eigenvalue weighted by atomic mass is 9.75. The monoisotopic (exact) mass is 266 g/mol. The van der Waals surface area contributed by atoms with E-state index in [4.69, 9.17) is 5.53 Å². The number of hydrogen-bond donors (Lipinski definition) is 0. The van der Waals surface area contributed by atoms with E-state index in [9.17, 15) is 0 Å². The molecule has 0 rings (SSSR count). The minimum absolute atomic E-state index is 0.629. The molecule has 112 valence electrons. The molecule has 0 heterocycles. The molecule has 0 unspecified atom stereocenters. The SMILES string of the molecule is CCC(CC)(CC)CCCCCCCCCC=[N+]=[N-]. The van der Waals surface area contributed by atoms with Gasteiger partial charge in [0.05, 0.1) is 0 Å². The first-order valence-corrected chi connectivity index (χ1v) is 8.40. The fourth-order valence-electron chi connectivity index (χ4n) is 2.96. The van der Waals surface area contributed by atoms with Gasteiger partial charge in [0.25, 0.3) is 6.21 Å². The molecule has 0 N–H and O–H groups in total. The topological polar surface area (TPSA) is 36.4 Å². The minimum atomic E-state index is 0.629. The summed E-state index contributed by atoms with van der Waals surface area (Å²) in [5.74, 6) is 0. The Labute approximate surface area is 120 Å². The molecule has 2 heteroatoms. The van der Waals surface area contributed by atoms with Gasteiger partial charge in [0.2, 0.25) is 0 Å². The van der Waals surface area contributed by atoms with Gasteiger partial charge in [0, 0.05) is 6.42 Å². The van der Waals surface area contributed by atoms with Crippen molar-refractivity contribution in [2.45, 2.75) is 97.8 Å². The van der Waals surface area contributed by atoms with Crippen LogP contribution >= 0.6 is 0 Å². The standard InChI is InChI=1S/C17H34N2/c1-4-17(5-2,6-3)15-13-11-9-7-8-10-12-14-16-19-18/h16H,4-15H2,1-3H3. The van der Waals surface area contributed by atoms with E-state index in [1.807, 2.05) is 0 Å². The maximum atomic E-state index is 8.26. The summed E-state index contributed by atoms with van der Waals surface area (Å²) in [6, 6.07) is 0. The van der Waals surface area contributed by atoms with Crippen LogP contribution in [0.15, 0.2) is 0 Å². The van der Waals surface area contributed by atoms with Gasteiger partial charge >= 0.3 is 0 Å². The van der Waals surface area contributed by atoms with Gasteiger partial charge < -0.3 is 5.53 Å². The molecule has 0 saturated carbocycles. The van der Waals surface area contributed by atoms with E-state index in [1.165, 1.54) is 64.2 Å². The summed E-state index contributed by atoms with van der Waals surface area (Å²) in [5.41, 5.74) is 8.89. The normalized spacial score (nSPS) is 11.3. The van der Waals surface area contributed by atoms with Gasteiger partial charge in [-0.25, -0.2) is 0 Å². The Kier molecular flexibility index (Phi) is 12.0. The first-order chi connectivity index (χ1) is 9.24. The zero-order valence-electron chi connectivity index (χ0n) is 13.5. The van der Waals surface area contributed by atoms with Crippen molar-refractivity contribution < 1.29 is 4.79 Å². The number of nitrogens with zero attached hydrogens (tertiary/aromatic N) is 2. The summed E-state index contributed by atoms with van der Waals surface area (Å²) in [5, 5.41) is 0. The van der Waals surface area contributed by atoms with Gasteiger partial charge in [0.1, 0.15) is 0 Å². The predicted octanol–water partition coefficient (Wildman–Crippen LogP) is 6.01. The van der Waals surface area contributed by atoms with Crippen LogP contribution in [0, 0.1) is 5.41 Å². The molecule has 0 aliphatic rings. The van der Waals surface area contributed by atoms with Gasteiger partial charge in [0.15, 0.2) is 0 Å². The highest BCUT2D eigenvalue weighted by Crippen LogP contribution is 2.36. The van der Waals surface area contributed by atoms with Crippen LogP contribution in [0.2, 0.25) is 0 Å². The molecule has 0 spiro atoms. The molecule has 0 aromatic heterocycles. The molecular formula is C17H34N2. The van der Waals surface area contributed by atoms with Crippen molar-refractivity contribution in [3.63, 3.8) is 0 Å². The summed E-state index contributed by atoms with van der Waals surface area (Å²) >= 11 is 0. The molecule has 0 aromatic rings. The largest absolute Gasteiger partial charge is 0.362 e. The Balaban J connectivity index is 3.42. The van der Waals surface area contributed by atoms with Gasteiger partial charge in [-0.1, -0.05) is 78.6 Å². The van der Waals surface area contributed by atoms with Crippen molar-refractivity contribution in [2.75, 3.05) is 0 Å². The molecule has 0 atom stereocenters. The molecule has 0 saturated heterocycles. The maximum absolute atomic E-state index is 8.26. The van der Waals surface area contributed by atoms with E-state index < -0.39 is 0 Å². The van der Waals surface area contributed by atoms with Crippen molar-refractivity contribution in [2.24, 2.45) is 5.41 Å². The lowest BCUT2D eigenvalue weighted by Crippen LogP contribution is -2.17. The first kappa shape index (κ1) is 18.4. The summed E-state index contributed by atoms with van der Waals surface area (Å²) in [6.45, 7) is 7.05. The first-order valence-electron chi connectivity index (χ1n) is 8.40. The Morgan fingerprint density at radius 1 is 0.789 bits per heavy atom. The van der Waals surface area contributed by atoms with Crippen LogP contribution in [0.3, 0.4) is 0 Å². The quantitative estimate of drug-likeness (QED) is 0.169. The number of unbranched alkanes of at least 4 members (excludes halogenated alkanes) is 7. The van der Waals surface area contributed by atoms with E-state index in [0.717, 1.165) is 12.8 Å². The lowest BCUT2D eigenvalue weighted by Gasteiger charge is -2.30. The zero-order chi connectivity index (χ0) is 14.4. The van der Waals surface area contributed by atoms with Gasteiger partial charge in [-0.15, -0.1) is 0 Å². The third-order valence-corrected chi connectivity index (χ3v) is 4.87. The summed E-state index contributed by atoms with van der Waals surface area (Å²) in [4.78, 5) is 3.02. The molecule has 2 nitrogen and oxygen atoms in total. The van der Waals surface area contributed by atoms with Crippen LogP contribution in [0.4, 0.5) is 0 Å². The second-order valence-corrected chi connectivity index (χ2v) is 5.87. The fourth-order valence-corrected chi connectivity index (χ4v) is 2.96. The zero-order valence-corrected chi connectivity index (χ0v) is 13.5. The molecule has 0 aromatic carbocycles. The van der Waals surface area contributed by atoms with E-state index in [2.05, 4.69) is 25.6 Å². The molecule has 0 bridgehead atoms. The smallest absolute Gasteiger partial charge is 0.257 e. The molecule has 0 aliphatic carbocycles. The Morgan fingerprint density at radius 3 is 1.74 bits per heavy atom. The highest BCUT2D eigenvalue weighted by atomic mass is 14.8. The number of hydrogen-bond acceptors (Lipinski definition) is 0. The van der Waals surface area contributed by atoms with Gasteiger partial charge in [-0.3, -0.25) is 0 Å². The number of rotatable bonds is 13. The molecule has 0 fully saturated rings. The average molecular weight is 266 g/mol. The van der Waals surface area contributed by atoms with Crippen molar-refractivity contribution in [3.05, 3.63) is 5.53 Å². The Hall–Kier alpha value is -0.620. The van der Waals surface area contributed by atoms with Crippen LogP contribution in [-0.4, -0.2) is 11.0 Å². The van der Waals surface area contributed by atoms with Crippen LogP contribution in [-0.2, 0) is 0 Å². The molecule has 0 aliphatic heterocycles. The molecule has 0 amide bonds. The van der Waals surface area contributed by atoms with Crippen LogP contribution in [0.1, 0.15) is 97.8 Å². The van der Waals surface area contributed by atoms with Gasteiger partial charge in [-0.2, -0.15) is 4.79 Å². The Bertz CT molecular complexity index is 229. The van der Waals surface area contributed by atoms with Gasteiger partial charge in [-0.05, 0) is 18.3 Å². The van der Waals surface area contributed by atoms with Crippen molar-refractivity contribution in [1.82, 2.24) is 0 Å². The lowest BCUT2D eigenvalue weighted by molar-refractivity contribution is 0.000733. The summed E-state index contributed by atoms with van der Waals surface area (Å²) in [7, 11) is 0. The molecule has 19 heavy (non-hydrogen) atoms. The minimum Gasteiger partial charge on any atom is -0.362 e. The van der Waals surface area contributed by atoms with Crippen molar-refractivity contribution in [1.29, 1.82) is 0 Å². The second kappa shape index (κ2) is 12.4. The summed E-state index contributed by atoms with van der Waals surface area (Å²) in [6.07, 6.45) is 17.3. The third-order valence-electron chi connectivity index (χ3n) is 4.87. The third kappa shape index (κ3) is 8.99. The molecular weight excluding hydrogens is 232 g/mol. The highest BCUT2D eigenvalue weighted by Gasteiger charge is 2.22. The van der Waals surface area contributed by atoms with Crippen molar-refractivity contribution >= 4 is 6.21 Å². The maximum Gasteiger partial charge on any atom is 0.257 e. The summed E-state index contributed by atoms with van der Waals surface area (Å²) < 4.78 is 0. The van der Waals surface area contributed by atoms with E-state index >= 15 is 0 Å². The van der Waals surface area contributed by atoms with Crippen LogP contribution in [0.5, 0.6) is 0 Å². The second-order valence-electron chi connectivity index (χ2n) is 5.87. The highest BCUT2D eigenvalue weighted by molar-refractivity contribution is 5.49. The van der Waals surface area contributed by atoms with Crippen molar-refractivity contribution in [3.8, 4) is 0 Å². The van der Waals surface area contributed by atoms with Crippen LogP contribution in [0.25, 0.3) is 5.53 Å². The predicted molar refractivity (Wildman–Crippen MR) is 84.5 cm³/mol.